The topological polar surface area (TPSA) is 86.7 Å². The summed E-state index contributed by atoms with van der Waals surface area (Å²) in [6.45, 7) is 10.8. The van der Waals surface area contributed by atoms with Gasteiger partial charge in [0.2, 0.25) is 0 Å². The van der Waals surface area contributed by atoms with E-state index in [0.717, 1.165) is 6.32 Å². The Morgan fingerprint density at radius 2 is 1.29 bits per heavy atom. The number of carbonyl (C=O) groups excluding carboxylic acids is 4. The van der Waals surface area contributed by atoms with Crippen LogP contribution in [0.3, 0.4) is 0 Å². The zero-order valence-electron chi connectivity index (χ0n) is 13.2. The molecular formula is C14H23BO6. The Hall–Kier alpha value is -1.52. The molecule has 0 unspecified atom stereocenters. The lowest BCUT2D eigenvalue weighted by Crippen LogP contribution is -2.31. The van der Waals surface area contributed by atoms with Gasteiger partial charge in [-0.2, -0.15) is 19.2 Å². The summed E-state index contributed by atoms with van der Waals surface area (Å²) in [5.41, 5.74) is 0. The first-order chi connectivity index (χ1) is 9.89. The van der Waals surface area contributed by atoms with Crippen LogP contribution in [0.1, 0.15) is 34.6 Å². The van der Waals surface area contributed by atoms with Gasteiger partial charge in [0.05, 0.1) is 12.2 Å². The predicted molar refractivity (Wildman–Crippen MR) is 74.8 cm³/mol. The van der Waals surface area contributed by atoms with E-state index in [-0.39, 0.29) is 31.6 Å². The van der Waals surface area contributed by atoms with Crippen molar-refractivity contribution in [3.63, 3.8) is 0 Å². The smallest absolute Gasteiger partial charge is 0.405 e. The minimum absolute atomic E-state index is 0.0407. The minimum atomic E-state index is -0.0407. The fourth-order valence-electron chi connectivity index (χ4n) is 1.97. The van der Waals surface area contributed by atoms with E-state index < -0.39 is 0 Å². The second-order valence-electron chi connectivity index (χ2n) is 5.09. The highest BCUT2D eigenvalue weighted by Gasteiger charge is 2.41. The van der Waals surface area contributed by atoms with Crippen LogP contribution in [0.5, 0.6) is 0 Å². The maximum atomic E-state index is 8.12. The number of hydrogen-bond donors (Lipinski definition) is 0. The molecule has 0 aromatic carbocycles. The average Bonchev–Trinajstić information content (AvgIpc) is 2.82. The normalized spacial score (nSPS) is 20.4. The maximum Gasteiger partial charge on any atom is 0.461 e. The number of hydrogen-bond acceptors (Lipinski definition) is 6. The van der Waals surface area contributed by atoms with Crippen LogP contribution < -0.4 is 0 Å². The third-order valence-electron chi connectivity index (χ3n) is 2.82. The summed E-state index contributed by atoms with van der Waals surface area (Å²) in [6.07, 6.45) is 6.01. The Kier molecular flexibility index (Phi) is 14.0. The molecule has 0 spiro atoms. The first-order valence-corrected chi connectivity index (χ1v) is 6.80. The van der Waals surface area contributed by atoms with Crippen LogP contribution in [-0.2, 0) is 28.5 Å². The molecule has 21 heavy (non-hydrogen) atoms. The van der Waals surface area contributed by atoms with Crippen molar-refractivity contribution < 1.29 is 28.5 Å². The Bertz CT molecular complexity index is 326. The molecule has 0 bridgehead atoms. The van der Waals surface area contributed by atoms with E-state index in [0.29, 0.717) is 11.8 Å². The molecule has 1 saturated heterocycles. The van der Waals surface area contributed by atoms with Gasteiger partial charge in [-0.15, -0.1) is 0 Å². The zero-order valence-corrected chi connectivity index (χ0v) is 13.2. The highest BCUT2D eigenvalue weighted by atomic mass is 16.7. The lowest BCUT2D eigenvalue weighted by molar-refractivity contribution is -0.193. The first kappa shape index (κ1) is 21.8. The van der Waals surface area contributed by atoms with Gasteiger partial charge >= 0.3 is 19.4 Å². The third kappa shape index (κ3) is 9.94. The summed E-state index contributed by atoms with van der Waals surface area (Å²) in [4.78, 5) is 32.5. The third-order valence-corrected chi connectivity index (χ3v) is 2.82. The fraction of sp³-hybridized carbons (Fsp3) is 0.714. The lowest BCUT2D eigenvalue weighted by atomic mass is 9.85. The molecule has 1 heterocycles. The summed E-state index contributed by atoms with van der Waals surface area (Å²) in [5.74, 6) is 1.04. The lowest BCUT2D eigenvalue weighted by Gasteiger charge is -2.24. The van der Waals surface area contributed by atoms with Crippen molar-refractivity contribution >= 4 is 19.4 Å². The molecule has 0 aliphatic carbocycles. The Balaban J connectivity index is 0. The maximum absolute atomic E-state index is 8.12. The van der Waals surface area contributed by atoms with E-state index in [4.69, 9.17) is 28.5 Å². The zero-order chi connectivity index (χ0) is 16.8. The predicted octanol–water partition coefficient (Wildman–Crippen LogP) is 1.98. The van der Waals surface area contributed by atoms with Crippen LogP contribution in [0.25, 0.3) is 0 Å². The quantitative estimate of drug-likeness (QED) is 0.582. The minimum Gasteiger partial charge on any atom is -0.405 e. The Morgan fingerprint density at radius 1 is 0.952 bits per heavy atom. The summed E-state index contributed by atoms with van der Waals surface area (Å²) in [6, 6.07) is 0. The van der Waals surface area contributed by atoms with Crippen LogP contribution in [-0.4, -0.2) is 31.6 Å². The molecule has 1 aliphatic rings. The second-order valence-corrected chi connectivity index (χ2v) is 5.09. The highest BCUT2D eigenvalue weighted by molar-refractivity contribution is 6.45. The molecule has 0 amide bonds. The van der Waals surface area contributed by atoms with E-state index in [1.807, 2.05) is 13.0 Å². The summed E-state index contributed by atoms with van der Waals surface area (Å²) < 4.78 is 11.9. The molecule has 118 valence electrons. The van der Waals surface area contributed by atoms with Gasteiger partial charge in [-0.1, -0.05) is 39.8 Å². The van der Waals surface area contributed by atoms with Gasteiger partial charge in [0.25, 0.3) is 0 Å². The fourth-order valence-corrected chi connectivity index (χ4v) is 1.97. The van der Waals surface area contributed by atoms with Crippen molar-refractivity contribution in [2.75, 3.05) is 0 Å². The van der Waals surface area contributed by atoms with E-state index in [9.17, 15) is 0 Å². The molecule has 2 atom stereocenters. The van der Waals surface area contributed by atoms with Crippen molar-refractivity contribution in [1.29, 1.82) is 0 Å². The van der Waals surface area contributed by atoms with E-state index in [1.165, 1.54) is 0 Å². The molecule has 7 heteroatoms. The van der Waals surface area contributed by atoms with Gasteiger partial charge in [0, 0.05) is 6.32 Å². The first-order valence-electron chi connectivity index (χ1n) is 6.80. The summed E-state index contributed by atoms with van der Waals surface area (Å²) in [5, 5.41) is 0. The largest absolute Gasteiger partial charge is 0.461 e. The van der Waals surface area contributed by atoms with Crippen molar-refractivity contribution in [3.8, 4) is 0 Å². The van der Waals surface area contributed by atoms with E-state index in [2.05, 4.69) is 33.8 Å². The van der Waals surface area contributed by atoms with Crippen molar-refractivity contribution in [2.45, 2.75) is 53.1 Å². The van der Waals surface area contributed by atoms with Gasteiger partial charge in [-0.3, -0.25) is 0 Å². The monoisotopic (exact) mass is 298 g/mol. The summed E-state index contributed by atoms with van der Waals surface area (Å²) >= 11 is 0. The summed E-state index contributed by atoms with van der Waals surface area (Å²) in [7, 11) is -0.0407. The Morgan fingerprint density at radius 3 is 1.52 bits per heavy atom. The van der Waals surface area contributed by atoms with E-state index in [1.54, 1.807) is 0 Å². The van der Waals surface area contributed by atoms with Gasteiger partial charge in [0.1, 0.15) is 0 Å². The molecule has 0 radical (unpaired) electrons. The van der Waals surface area contributed by atoms with Crippen LogP contribution in [0.15, 0.2) is 12.2 Å². The number of rotatable bonds is 4. The second kappa shape index (κ2) is 13.5. The molecule has 0 aromatic rings. The van der Waals surface area contributed by atoms with Gasteiger partial charge in [-0.25, -0.2) is 0 Å². The highest BCUT2D eigenvalue weighted by Crippen LogP contribution is 2.29. The molecule has 1 aliphatic heterocycles. The Labute approximate surface area is 126 Å². The average molecular weight is 298 g/mol. The molecule has 0 saturated carbocycles. The van der Waals surface area contributed by atoms with Crippen LogP contribution in [0.4, 0.5) is 0 Å². The van der Waals surface area contributed by atoms with Crippen LogP contribution >= 0.6 is 0 Å². The van der Waals surface area contributed by atoms with Gasteiger partial charge < -0.3 is 9.31 Å². The molecular weight excluding hydrogens is 275 g/mol. The van der Waals surface area contributed by atoms with Gasteiger partial charge in [-0.05, 0) is 18.8 Å². The van der Waals surface area contributed by atoms with Crippen molar-refractivity contribution in [2.24, 2.45) is 11.8 Å². The molecule has 6 nitrogen and oxygen atoms in total. The SMILES string of the molecule is C/C=C/CB1O[C@H](C(C)C)[C@@H](C(C)C)O1.O=C=O.O=C=O. The van der Waals surface area contributed by atoms with Gasteiger partial charge in [0.15, 0.2) is 0 Å². The molecule has 0 N–H and O–H groups in total. The van der Waals surface area contributed by atoms with E-state index >= 15 is 0 Å². The van der Waals surface area contributed by atoms with Crippen LogP contribution in [0, 0.1) is 11.8 Å². The molecule has 0 aromatic heterocycles. The van der Waals surface area contributed by atoms with Crippen molar-refractivity contribution in [1.82, 2.24) is 0 Å². The van der Waals surface area contributed by atoms with Crippen molar-refractivity contribution in [3.05, 3.63) is 12.2 Å². The van der Waals surface area contributed by atoms with Crippen LogP contribution in [0.2, 0.25) is 6.32 Å². The number of allylic oxidation sites excluding steroid dienone is 2. The molecule has 1 rings (SSSR count). The standard InChI is InChI=1S/C12H23BO2.2CO2/c1-6-7-8-13-14-11(9(2)3)12(15-13)10(4)5;2*2-1-3/h6-7,9-12H,8H2,1-5H3;;/b7-6+;;/t11-,12-;;/m1../s1. The molecule has 1 fully saturated rings.